The Morgan fingerprint density at radius 2 is 2.19 bits per heavy atom. The smallest absolute Gasteiger partial charge is 0.289 e. The molecule has 0 bridgehead atoms. The first kappa shape index (κ1) is 15.2. The maximum absolute atomic E-state index is 11.0. The molecule has 0 amide bonds. The van der Waals surface area contributed by atoms with Crippen LogP contribution in [0.25, 0.3) is 0 Å². The summed E-state index contributed by atoms with van der Waals surface area (Å²) in [5, 5.41) is 23.2. The van der Waals surface area contributed by atoms with E-state index in [0.29, 0.717) is 0 Å². The molecular formula is C14H19N5O2. The zero-order valence-electron chi connectivity index (χ0n) is 12.1. The molecule has 1 N–H and O–H groups in total. The average molecular weight is 289 g/mol. The maximum Gasteiger partial charge on any atom is 0.289 e. The zero-order valence-corrected chi connectivity index (χ0v) is 12.1. The lowest BCUT2D eigenvalue weighted by molar-refractivity contribution is -0.385. The quantitative estimate of drug-likeness (QED) is 0.637. The second kappa shape index (κ2) is 7.02. The molecule has 1 fully saturated rings. The highest BCUT2D eigenvalue weighted by atomic mass is 16.6. The summed E-state index contributed by atoms with van der Waals surface area (Å²) in [6.07, 6.45) is 0. The molecule has 7 nitrogen and oxygen atoms in total. The van der Waals surface area contributed by atoms with Crippen LogP contribution in [0.2, 0.25) is 0 Å². The van der Waals surface area contributed by atoms with E-state index >= 15 is 0 Å². The van der Waals surface area contributed by atoms with Gasteiger partial charge < -0.3 is 10.2 Å². The van der Waals surface area contributed by atoms with Crippen LogP contribution < -0.4 is 10.2 Å². The number of hydrogen-bond acceptors (Lipinski definition) is 6. The summed E-state index contributed by atoms with van der Waals surface area (Å²) in [7, 11) is 1.91. The lowest BCUT2D eigenvalue weighted by atomic mass is 10.1. The van der Waals surface area contributed by atoms with E-state index in [0.717, 1.165) is 45.0 Å². The van der Waals surface area contributed by atoms with Crippen LogP contribution in [0, 0.1) is 21.4 Å². The molecule has 0 spiro atoms. The van der Waals surface area contributed by atoms with Gasteiger partial charge in [-0.1, -0.05) is 0 Å². The van der Waals surface area contributed by atoms with Gasteiger partial charge in [0.2, 0.25) is 0 Å². The fourth-order valence-corrected chi connectivity index (χ4v) is 2.36. The van der Waals surface area contributed by atoms with Gasteiger partial charge in [0.05, 0.1) is 4.92 Å². The molecule has 0 aromatic heterocycles. The molecule has 2 rings (SSSR count). The van der Waals surface area contributed by atoms with E-state index in [1.807, 2.05) is 18.0 Å². The Bertz CT molecular complexity index is 549. The minimum Gasteiger partial charge on any atom is -0.373 e. The van der Waals surface area contributed by atoms with E-state index in [4.69, 9.17) is 5.26 Å². The number of piperazine rings is 1. The van der Waals surface area contributed by atoms with E-state index in [1.54, 1.807) is 6.07 Å². The van der Waals surface area contributed by atoms with Gasteiger partial charge in [-0.15, -0.1) is 0 Å². The lowest BCUT2D eigenvalue weighted by Gasteiger charge is -2.29. The minimum atomic E-state index is -0.508. The van der Waals surface area contributed by atoms with Crippen molar-refractivity contribution in [2.75, 3.05) is 51.2 Å². The standard InChI is InChI=1S/C14H19N5O2/c1-17(8-9-18-6-4-16-5-7-18)13-3-2-12(11-15)14(10-13)19(20)21/h2-3,10,16H,4-9H2,1H3. The van der Waals surface area contributed by atoms with Gasteiger partial charge in [0.1, 0.15) is 11.6 Å². The number of likely N-dealkylation sites (N-methyl/N-ethyl adjacent to an activating group) is 1. The molecule has 0 aliphatic carbocycles. The predicted octanol–water partition coefficient (Wildman–Crippen LogP) is 0.808. The third kappa shape index (κ3) is 3.90. The fourth-order valence-electron chi connectivity index (χ4n) is 2.36. The number of nitrogens with one attached hydrogen (secondary N) is 1. The molecule has 1 saturated heterocycles. The van der Waals surface area contributed by atoms with E-state index in [9.17, 15) is 10.1 Å². The number of hydrogen-bond donors (Lipinski definition) is 1. The molecule has 1 aromatic rings. The Kier molecular flexibility index (Phi) is 5.09. The number of benzene rings is 1. The van der Waals surface area contributed by atoms with Crippen LogP contribution in [0.15, 0.2) is 18.2 Å². The second-order valence-corrected chi connectivity index (χ2v) is 5.08. The topological polar surface area (TPSA) is 85.4 Å². The molecule has 7 heteroatoms. The molecule has 0 atom stereocenters. The summed E-state index contributed by atoms with van der Waals surface area (Å²) in [6.45, 7) is 5.79. The van der Waals surface area contributed by atoms with Gasteiger partial charge in [-0.05, 0) is 12.1 Å². The molecule has 112 valence electrons. The average Bonchev–Trinajstić information content (AvgIpc) is 2.52. The van der Waals surface area contributed by atoms with Gasteiger partial charge in [0, 0.05) is 58.1 Å². The largest absolute Gasteiger partial charge is 0.373 e. The van der Waals surface area contributed by atoms with Gasteiger partial charge in [-0.2, -0.15) is 5.26 Å². The highest BCUT2D eigenvalue weighted by Gasteiger charge is 2.16. The van der Waals surface area contributed by atoms with Crippen LogP contribution in [0.1, 0.15) is 5.56 Å². The van der Waals surface area contributed by atoms with Crippen molar-refractivity contribution in [3.8, 4) is 6.07 Å². The highest BCUT2D eigenvalue weighted by molar-refractivity contribution is 5.60. The van der Waals surface area contributed by atoms with Crippen molar-refractivity contribution < 1.29 is 4.92 Å². The predicted molar refractivity (Wildman–Crippen MR) is 80.4 cm³/mol. The summed E-state index contributed by atoms with van der Waals surface area (Å²) in [6, 6.07) is 6.58. The van der Waals surface area contributed by atoms with Crippen LogP contribution in [0.5, 0.6) is 0 Å². The van der Waals surface area contributed by atoms with Crippen molar-refractivity contribution in [2.45, 2.75) is 0 Å². The monoisotopic (exact) mass is 289 g/mol. The highest BCUT2D eigenvalue weighted by Crippen LogP contribution is 2.24. The van der Waals surface area contributed by atoms with Crippen LogP contribution in [0.4, 0.5) is 11.4 Å². The number of anilines is 1. The first-order valence-corrected chi connectivity index (χ1v) is 6.94. The summed E-state index contributed by atoms with van der Waals surface area (Å²) in [4.78, 5) is 14.8. The number of rotatable bonds is 5. The lowest BCUT2D eigenvalue weighted by Crippen LogP contribution is -2.46. The molecule has 1 aliphatic heterocycles. The third-order valence-electron chi connectivity index (χ3n) is 3.70. The fraction of sp³-hybridized carbons (Fsp3) is 0.500. The Labute approximate surface area is 123 Å². The maximum atomic E-state index is 11.0. The third-order valence-corrected chi connectivity index (χ3v) is 3.70. The van der Waals surface area contributed by atoms with E-state index in [1.165, 1.54) is 12.1 Å². The molecule has 21 heavy (non-hydrogen) atoms. The van der Waals surface area contributed by atoms with Crippen molar-refractivity contribution in [2.24, 2.45) is 0 Å². The number of nitriles is 1. The number of nitro benzene ring substituents is 1. The van der Waals surface area contributed by atoms with Crippen molar-refractivity contribution in [1.82, 2.24) is 10.2 Å². The van der Waals surface area contributed by atoms with Crippen molar-refractivity contribution in [3.63, 3.8) is 0 Å². The van der Waals surface area contributed by atoms with Crippen molar-refractivity contribution >= 4 is 11.4 Å². The normalized spacial score (nSPS) is 15.4. The second-order valence-electron chi connectivity index (χ2n) is 5.08. The van der Waals surface area contributed by atoms with Gasteiger partial charge in [-0.25, -0.2) is 0 Å². The molecule has 0 unspecified atom stereocenters. The first-order chi connectivity index (χ1) is 10.1. The number of nitro groups is 1. The van der Waals surface area contributed by atoms with Gasteiger partial charge in [-0.3, -0.25) is 15.0 Å². The van der Waals surface area contributed by atoms with E-state index < -0.39 is 4.92 Å². The Morgan fingerprint density at radius 3 is 2.81 bits per heavy atom. The zero-order chi connectivity index (χ0) is 15.2. The van der Waals surface area contributed by atoms with Gasteiger partial charge in [0.15, 0.2) is 0 Å². The summed E-state index contributed by atoms with van der Waals surface area (Å²) in [5.74, 6) is 0. The number of nitrogens with zero attached hydrogens (tertiary/aromatic N) is 4. The molecular weight excluding hydrogens is 270 g/mol. The minimum absolute atomic E-state index is 0.0965. The Morgan fingerprint density at radius 1 is 1.48 bits per heavy atom. The molecule has 1 aliphatic rings. The van der Waals surface area contributed by atoms with Crippen molar-refractivity contribution in [1.29, 1.82) is 5.26 Å². The van der Waals surface area contributed by atoms with E-state index in [2.05, 4.69) is 10.2 Å². The summed E-state index contributed by atoms with van der Waals surface area (Å²) >= 11 is 0. The van der Waals surface area contributed by atoms with Crippen LogP contribution in [-0.4, -0.2) is 56.1 Å². The van der Waals surface area contributed by atoms with Crippen LogP contribution >= 0.6 is 0 Å². The van der Waals surface area contributed by atoms with Crippen molar-refractivity contribution in [3.05, 3.63) is 33.9 Å². The molecule has 1 heterocycles. The molecule has 1 aromatic carbocycles. The SMILES string of the molecule is CN(CCN1CCNCC1)c1ccc(C#N)c([N+](=O)[O-])c1. The van der Waals surface area contributed by atoms with Crippen LogP contribution in [-0.2, 0) is 0 Å². The van der Waals surface area contributed by atoms with Crippen LogP contribution in [0.3, 0.4) is 0 Å². The summed E-state index contributed by atoms with van der Waals surface area (Å²) < 4.78 is 0. The summed E-state index contributed by atoms with van der Waals surface area (Å²) in [5.41, 5.74) is 0.721. The Hall–Kier alpha value is -2.17. The molecule has 0 radical (unpaired) electrons. The van der Waals surface area contributed by atoms with Gasteiger partial charge >= 0.3 is 0 Å². The van der Waals surface area contributed by atoms with E-state index in [-0.39, 0.29) is 11.3 Å². The molecule has 0 saturated carbocycles. The first-order valence-electron chi connectivity index (χ1n) is 6.94. The van der Waals surface area contributed by atoms with Gasteiger partial charge in [0.25, 0.3) is 5.69 Å². The Balaban J connectivity index is 2.01.